The largest absolute Gasteiger partial charge is 0.407 e. The van der Waals surface area contributed by atoms with Crippen molar-refractivity contribution in [3.8, 4) is 0 Å². The van der Waals surface area contributed by atoms with E-state index >= 15 is 0 Å². The Hall–Kier alpha value is -3.55. The van der Waals surface area contributed by atoms with E-state index in [0.29, 0.717) is 0 Å². The van der Waals surface area contributed by atoms with E-state index in [1.54, 1.807) is 0 Å². The first kappa shape index (κ1) is 34.8. The number of hydrogen-bond donors (Lipinski definition) is 0. The van der Waals surface area contributed by atoms with Gasteiger partial charge in [-0.15, -0.1) is 0 Å². The summed E-state index contributed by atoms with van der Waals surface area (Å²) in [4.78, 5) is 0. The molecule has 0 N–H and O–H groups in total. The van der Waals surface area contributed by atoms with E-state index in [9.17, 15) is 0 Å². The fourth-order valence-corrected chi connectivity index (χ4v) is 14.7. The summed E-state index contributed by atoms with van der Waals surface area (Å²) < 4.78 is 14.4. The summed E-state index contributed by atoms with van der Waals surface area (Å²) in [5, 5.41) is 5.35. The molecule has 0 saturated carbocycles. The predicted octanol–water partition coefficient (Wildman–Crippen LogP) is 9.05. The summed E-state index contributed by atoms with van der Waals surface area (Å²) in [6.07, 6.45) is 6.88. The molecule has 1 unspecified atom stereocenters. The Balaban J connectivity index is 1.21. The Kier molecular flexibility index (Phi) is 12.2. The van der Waals surface area contributed by atoms with Crippen LogP contribution in [-0.2, 0) is 8.85 Å². The Labute approximate surface area is 286 Å². The Morgan fingerprint density at radius 1 is 0.489 bits per heavy atom. The molecule has 0 saturated heterocycles. The standard InChI is InChI=1S/C43H52O2Si2/c1-43(2,3)47(40-31-19-11-20-32-40,41-33-21-12-22-34-41)44-36-24-7-5-6-23-35-42(37-25-13-8-14-26-37)45-46(4,38-27-15-9-16-28-38)39-29-17-10-18-30-39/h8-22,25-34,42H,5-7,23-24,35-36H2,1-4H3. The lowest BCUT2D eigenvalue weighted by Crippen LogP contribution is -2.66. The van der Waals surface area contributed by atoms with Crippen LogP contribution in [0.5, 0.6) is 0 Å². The van der Waals surface area contributed by atoms with E-state index in [2.05, 4.69) is 179 Å². The molecule has 0 aliphatic rings. The molecule has 0 aliphatic carbocycles. The molecule has 2 nitrogen and oxygen atoms in total. The Morgan fingerprint density at radius 3 is 1.32 bits per heavy atom. The third kappa shape index (κ3) is 8.49. The van der Waals surface area contributed by atoms with Crippen molar-refractivity contribution in [3.63, 3.8) is 0 Å². The predicted molar refractivity (Wildman–Crippen MR) is 205 cm³/mol. The normalized spacial score (nSPS) is 12.9. The molecule has 244 valence electrons. The van der Waals surface area contributed by atoms with Crippen LogP contribution in [0.15, 0.2) is 152 Å². The summed E-state index contributed by atoms with van der Waals surface area (Å²) in [5.74, 6) is 0. The van der Waals surface area contributed by atoms with Crippen LogP contribution in [0.2, 0.25) is 11.6 Å². The van der Waals surface area contributed by atoms with E-state index in [1.807, 2.05) is 0 Å². The van der Waals surface area contributed by atoms with Crippen LogP contribution in [0.25, 0.3) is 0 Å². The molecule has 0 aromatic heterocycles. The second-order valence-corrected chi connectivity index (χ2v) is 21.6. The van der Waals surface area contributed by atoms with Crippen LogP contribution in [0.4, 0.5) is 0 Å². The lowest BCUT2D eigenvalue weighted by Gasteiger charge is -2.43. The van der Waals surface area contributed by atoms with Gasteiger partial charge in [0.2, 0.25) is 0 Å². The van der Waals surface area contributed by atoms with E-state index in [-0.39, 0.29) is 11.1 Å². The lowest BCUT2D eigenvalue weighted by atomic mass is 10.0. The molecule has 0 amide bonds. The minimum Gasteiger partial charge on any atom is -0.407 e. The van der Waals surface area contributed by atoms with Crippen molar-refractivity contribution >= 4 is 37.4 Å². The molecule has 5 aromatic carbocycles. The van der Waals surface area contributed by atoms with Gasteiger partial charge in [0.05, 0.1) is 6.10 Å². The second kappa shape index (κ2) is 16.5. The van der Waals surface area contributed by atoms with Crippen molar-refractivity contribution in [1.29, 1.82) is 0 Å². The maximum Gasteiger partial charge on any atom is 0.261 e. The van der Waals surface area contributed by atoms with Crippen molar-refractivity contribution in [2.45, 2.75) is 77.0 Å². The highest BCUT2D eigenvalue weighted by atomic mass is 28.4. The van der Waals surface area contributed by atoms with Crippen molar-refractivity contribution in [3.05, 3.63) is 157 Å². The molecule has 5 aromatic rings. The van der Waals surface area contributed by atoms with Gasteiger partial charge < -0.3 is 8.85 Å². The zero-order valence-electron chi connectivity index (χ0n) is 28.8. The number of benzene rings is 5. The zero-order valence-corrected chi connectivity index (χ0v) is 30.8. The van der Waals surface area contributed by atoms with E-state index < -0.39 is 16.6 Å². The van der Waals surface area contributed by atoms with Gasteiger partial charge in [-0.2, -0.15) is 0 Å². The summed E-state index contributed by atoms with van der Waals surface area (Å²) in [5.41, 5.74) is 1.27. The lowest BCUT2D eigenvalue weighted by molar-refractivity contribution is 0.188. The fraction of sp³-hybridized carbons (Fsp3) is 0.302. The molecule has 47 heavy (non-hydrogen) atoms. The van der Waals surface area contributed by atoms with Crippen LogP contribution >= 0.6 is 0 Å². The summed E-state index contributed by atoms with van der Waals surface area (Å²) in [6.45, 7) is 10.2. The average molecular weight is 657 g/mol. The average Bonchev–Trinajstić information content (AvgIpc) is 3.12. The van der Waals surface area contributed by atoms with E-state index in [4.69, 9.17) is 8.85 Å². The molecule has 0 bridgehead atoms. The molecule has 0 fully saturated rings. The first-order chi connectivity index (χ1) is 22.8. The van der Waals surface area contributed by atoms with Crippen LogP contribution in [0.1, 0.15) is 71.0 Å². The van der Waals surface area contributed by atoms with Crippen LogP contribution < -0.4 is 20.7 Å². The SMILES string of the molecule is CC(C)(C)[Si](OCCCCCCCC(O[Si](C)(c1ccccc1)c1ccccc1)c1ccccc1)(c1ccccc1)c1ccccc1. The van der Waals surface area contributed by atoms with Gasteiger partial charge in [0, 0.05) is 6.61 Å². The molecule has 0 aliphatic heterocycles. The topological polar surface area (TPSA) is 18.5 Å². The number of hydrogen-bond acceptors (Lipinski definition) is 2. The van der Waals surface area contributed by atoms with Crippen LogP contribution in [0.3, 0.4) is 0 Å². The smallest absolute Gasteiger partial charge is 0.261 e. The van der Waals surface area contributed by atoms with E-state index in [0.717, 1.165) is 25.9 Å². The zero-order chi connectivity index (χ0) is 33.0. The molecule has 0 spiro atoms. The van der Waals surface area contributed by atoms with Gasteiger partial charge >= 0.3 is 0 Å². The highest BCUT2D eigenvalue weighted by molar-refractivity contribution is 6.99. The summed E-state index contributed by atoms with van der Waals surface area (Å²) in [6, 6.07) is 54.5. The van der Waals surface area contributed by atoms with Gasteiger partial charge in [-0.1, -0.05) is 198 Å². The Morgan fingerprint density at radius 2 is 0.872 bits per heavy atom. The van der Waals surface area contributed by atoms with Crippen LogP contribution in [-0.4, -0.2) is 23.2 Å². The number of unbranched alkanes of at least 4 members (excludes halogenated alkanes) is 4. The first-order valence-corrected chi connectivity index (χ1v) is 21.7. The molecule has 1 atom stereocenters. The maximum absolute atomic E-state index is 7.32. The third-order valence-electron chi connectivity index (χ3n) is 9.54. The summed E-state index contributed by atoms with van der Waals surface area (Å²) in [7, 11) is -4.90. The fourth-order valence-electron chi connectivity index (χ4n) is 7.01. The maximum atomic E-state index is 7.32. The molecule has 5 rings (SSSR count). The van der Waals surface area contributed by atoms with Crippen molar-refractivity contribution in [2.24, 2.45) is 0 Å². The monoisotopic (exact) mass is 656 g/mol. The summed E-state index contributed by atoms with van der Waals surface area (Å²) >= 11 is 0. The minimum atomic E-state index is -2.47. The van der Waals surface area contributed by atoms with Crippen molar-refractivity contribution < 1.29 is 8.85 Å². The van der Waals surface area contributed by atoms with Crippen LogP contribution in [0, 0.1) is 0 Å². The van der Waals surface area contributed by atoms with Gasteiger partial charge in [0.25, 0.3) is 16.6 Å². The van der Waals surface area contributed by atoms with Crippen molar-refractivity contribution in [2.75, 3.05) is 6.61 Å². The Bertz CT molecular complexity index is 1510. The number of rotatable bonds is 16. The van der Waals surface area contributed by atoms with Gasteiger partial charge in [-0.3, -0.25) is 0 Å². The minimum absolute atomic E-state index is 0.0134. The van der Waals surface area contributed by atoms with Gasteiger partial charge in [-0.05, 0) is 50.7 Å². The van der Waals surface area contributed by atoms with Gasteiger partial charge in [0.1, 0.15) is 0 Å². The molecule has 0 heterocycles. The van der Waals surface area contributed by atoms with Crippen molar-refractivity contribution in [1.82, 2.24) is 0 Å². The third-order valence-corrected chi connectivity index (χ3v) is 18.2. The van der Waals surface area contributed by atoms with E-state index in [1.165, 1.54) is 45.6 Å². The second-order valence-electron chi connectivity index (χ2n) is 13.9. The van der Waals surface area contributed by atoms with Gasteiger partial charge in [0.15, 0.2) is 0 Å². The first-order valence-electron chi connectivity index (χ1n) is 17.4. The van der Waals surface area contributed by atoms with Gasteiger partial charge in [-0.25, -0.2) is 0 Å². The highest BCUT2D eigenvalue weighted by Gasteiger charge is 2.50. The molecular formula is C43H52O2Si2. The highest BCUT2D eigenvalue weighted by Crippen LogP contribution is 2.37. The molecule has 4 heteroatoms. The quantitative estimate of drug-likeness (QED) is 0.0780. The molecular weight excluding hydrogens is 605 g/mol. The molecule has 0 radical (unpaired) electrons.